The number of hydrogen-bond acceptors (Lipinski definition) is 10. The highest BCUT2D eigenvalue weighted by Gasteiger charge is 2.33. The van der Waals surface area contributed by atoms with E-state index in [4.69, 9.17) is 0 Å². The number of rotatable bonds is 12. The zero-order valence-corrected chi connectivity index (χ0v) is 19.7. The van der Waals surface area contributed by atoms with Crippen LogP contribution in [0, 0.1) is 16.0 Å². The second-order valence-electron chi connectivity index (χ2n) is 7.59. The Morgan fingerprint density at radius 2 is 1.79 bits per heavy atom. The van der Waals surface area contributed by atoms with Crippen molar-refractivity contribution in [1.82, 2.24) is 15.0 Å². The molecule has 0 radical (unpaired) electrons. The van der Waals surface area contributed by atoms with Crippen LogP contribution in [0.1, 0.15) is 25.8 Å². The largest absolute Gasteiger partial charge is 0.394 e. The summed E-state index contributed by atoms with van der Waals surface area (Å²) in [4.78, 5) is 21.9. The Bertz CT molecular complexity index is 1070. The van der Waals surface area contributed by atoms with Gasteiger partial charge in [0.1, 0.15) is 0 Å². The first-order valence-electron chi connectivity index (χ1n) is 9.66. The van der Waals surface area contributed by atoms with Crippen molar-refractivity contribution in [1.29, 1.82) is 0 Å². The van der Waals surface area contributed by atoms with Gasteiger partial charge in [-0.3, -0.25) is 14.8 Å². The van der Waals surface area contributed by atoms with Crippen molar-refractivity contribution in [3.8, 4) is 0 Å². The predicted octanol–water partition coefficient (Wildman–Crippen LogP) is 2.85. The van der Waals surface area contributed by atoms with E-state index in [9.17, 15) is 32.4 Å². The van der Waals surface area contributed by atoms with Crippen molar-refractivity contribution in [2.24, 2.45) is 5.92 Å². The van der Waals surface area contributed by atoms with E-state index in [-0.39, 0.29) is 35.3 Å². The number of aliphatic hydroxyl groups excluding tert-OH is 1. The lowest BCUT2D eigenvalue weighted by atomic mass is 10.0. The summed E-state index contributed by atoms with van der Waals surface area (Å²) in [6.45, 7) is 3.63. The van der Waals surface area contributed by atoms with E-state index in [1.54, 1.807) is 0 Å². The Morgan fingerprint density at radius 1 is 1.18 bits per heavy atom. The lowest BCUT2D eigenvalue weighted by molar-refractivity contribution is -0.384. The summed E-state index contributed by atoms with van der Waals surface area (Å²) in [6.07, 6.45) is 1.44. The van der Waals surface area contributed by atoms with E-state index in [1.165, 1.54) is 0 Å². The van der Waals surface area contributed by atoms with Crippen LogP contribution in [0.25, 0.3) is 0 Å². The maximum atomic E-state index is 14.6. The molecule has 0 fully saturated rings. The van der Waals surface area contributed by atoms with Crippen LogP contribution in [-0.4, -0.2) is 58.1 Å². The fourth-order valence-corrected chi connectivity index (χ4v) is 3.90. The third kappa shape index (κ3) is 8.66. The van der Waals surface area contributed by atoms with Crippen molar-refractivity contribution in [3.63, 3.8) is 0 Å². The molecule has 0 bridgehead atoms. The SMILES string of the molecule is CC(C)C[C@H](CO)Nc1nc(NS(C)(=O)=O)nc(SCC(F)(F)c2ccc([N+](=O)[O-])cc2)n1. The Balaban J connectivity index is 2.25. The van der Waals surface area contributed by atoms with Crippen LogP contribution in [0.3, 0.4) is 0 Å². The van der Waals surface area contributed by atoms with Crippen LogP contribution in [0.5, 0.6) is 0 Å². The summed E-state index contributed by atoms with van der Waals surface area (Å²) in [7, 11) is -3.75. The minimum absolute atomic E-state index is 0.0861. The molecule has 1 aromatic heterocycles. The molecule has 0 saturated carbocycles. The summed E-state index contributed by atoms with van der Waals surface area (Å²) in [5, 5.41) is 23.0. The Morgan fingerprint density at radius 3 is 2.30 bits per heavy atom. The number of nitrogens with zero attached hydrogens (tertiary/aromatic N) is 4. The predicted molar refractivity (Wildman–Crippen MR) is 120 cm³/mol. The van der Waals surface area contributed by atoms with Crippen LogP contribution in [0.4, 0.5) is 26.4 Å². The summed E-state index contributed by atoms with van der Waals surface area (Å²) >= 11 is 0.552. The quantitative estimate of drug-likeness (QED) is 0.222. The van der Waals surface area contributed by atoms with Crippen LogP contribution < -0.4 is 10.0 Å². The van der Waals surface area contributed by atoms with E-state index in [0.717, 1.165) is 30.5 Å². The molecule has 0 saturated heterocycles. The Hall–Kier alpha value is -2.65. The van der Waals surface area contributed by atoms with E-state index in [2.05, 4.69) is 25.0 Å². The van der Waals surface area contributed by atoms with Gasteiger partial charge in [-0.25, -0.2) is 17.2 Å². The van der Waals surface area contributed by atoms with Gasteiger partial charge >= 0.3 is 0 Å². The number of nitro benzene ring substituents is 1. The smallest absolute Gasteiger partial charge is 0.282 e. The lowest BCUT2D eigenvalue weighted by Crippen LogP contribution is -2.27. The molecular weight excluding hydrogens is 482 g/mol. The molecular formula is C18H24F2N6O5S2. The number of aliphatic hydroxyl groups is 1. The highest BCUT2D eigenvalue weighted by Crippen LogP contribution is 2.34. The molecule has 1 aromatic carbocycles. The molecule has 1 atom stereocenters. The molecule has 11 nitrogen and oxygen atoms in total. The highest BCUT2D eigenvalue weighted by molar-refractivity contribution is 7.99. The van der Waals surface area contributed by atoms with Gasteiger partial charge in [-0.05, 0) is 24.5 Å². The van der Waals surface area contributed by atoms with Crippen LogP contribution in [-0.2, 0) is 15.9 Å². The molecule has 1 heterocycles. The van der Waals surface area contributed by atoms with Crippen LogP contribution in [0.15, 0.2) is 29.4 Å². The first-order chi connectivity index (χ1) is 15.3. The molecule has 0 unspecified atom stereocenters. The van der Waals surface area contributed by atoms with E-state index in [1.807, 2.05) is 13.8 Å². The van der Waals surface area contributed by atoms with Gasteiger partial charge in [0.15, 0.2) is 5.16 Å². The number of sulfonamides is 1. The van der Waals surface area contributed by atoms with Gasteiger partial charge in [0, 0.05) is 17.7 Å². The topological polar surface area (TPSA) is 160 Å². The fourth-order valence-electron chi connectivity index (χ4n) is 2.69. The lowest BCUT2D eigenvalue weighted by Gasteiger charge is -2.19. The molecule has 3 N–H and O–H groups in total. The van der Waals surface area contributed by atoms with Gasteiger partial charge in [-0.15, -0.1) is 0 Å². The standard InChI is InChI=1S/C18H24F2N6O5S2/c1-11(2)8-13(9-27)21-15-22-16(25-33(3,30)31)24-17(23-15)32-10-18(19,20)12-4-6-14(7-5-12)26(28)29/h4-7,11,13,27H,8-10H2,1-3H3,(H2,21,22,23,24,25)/t13-/m1/s1. The third-order valence-corrected chi connectivity index (χ3v) is 5.59. The molecule has 33 heavy (non-hydrogen) atoms. The average Bonchev–Trinajstić information content (AvgIpc) is 2.70. The molecule has 2 rings (SSSR count). The number of alkyl halides is 2. The molecule has 0 aliphatic heterocycles. The molecule has 15 heteroatoms. The summed E-state index contributed by atoms with van der Waals surface area (Å²) in [6, 6.07) is 3.45. The Labute approximate surface area is 193 Å². The maximum Gasteiger partial charge on any atom is 0.282 e. The molecule has 0 aliphatic carbocycles. The molecule has 182 valence electrons. The van der Waals surface area contributed by atoms with E-state index < -0.39 is 38.2 Å². The van der Waals surface area contributed by atoms with Crippen molar-refractivity contribution >= 4 is 39.4 Å². The third-order valence-electron chi connectivity index (χ3n) is 4.08. The number of aromatic nitrogens is 3. The average molecular weight is 507 g/mol. The number of halogens is 2. The summed E-state index contributed by atoms with van der Waals surface area (Å²) in [5.41, 5.74) is -0.744. The van der Waals surface area contributed by atoms with Crippen molar-refractivity contribution in [2.45, 2.75) is 37.4 Å². The number of nitrogens with one attached hydrogen (secondary N) is 2. The summed E-state index contributed by atoms with van der Waals surface area (Å²) in [5.74, 6) is -4.42. The van der Waals surface area contributed by atoms with Gasteiger partial charge in [0.25, 0.3) is 11.6 Å². The fraction of sp³-hybridized carbons (Fsp3) is 0.500. The molecule has 0 aliphatic rings. The van der Waals surface area contributed by atoms with Crippen molar-refractivity contribution < 1.29 is 27.2 Å². The molecule has 0 amide bonds. The van der Waals surface area contributed by atoms with E-state index in [0.29, 0.717) is 18.2 Å². The number of anilines is 2. The second kappa shape index (κ2) is 11.0. The maximum absolute atomic E-state index is 14.6. The Kier molecular flexibility index (Phi) is 8.85. The van der Waals surface area contributed by atoms with Crippen molar-refractivity contribution in [3.05, 3.63) is 39.9 Å². The minimum Gasteiger partial charge on any atom is -0.394 e. The first kappa shape index (κ1) is 26.6. The summed E-state index contributed by atoms with van der Waals surface area (Å²) < 4.78 is 54.5. The highest BCUT2D eigenvalue weighted by atomic mass is 32.2. The molecule has 2 aromatic rings. The number of benzene rings is 1. The van der Waals surface area contributed by atoms with Crippen LogP contribution in [0.2, 0.25) is 0 Å². The number of nitro groups is 1. The number of hydrogen-bond donors (Lipinski definition) is 3. The number of thioether (sulfide) groups is 1. The van der Waals surface area contributed by atoms with Gasteiger partial charge < -0.3 is 10.4 Å². The zero-order chi connectivity index (χ0) is 24.8. The normalized spacial score (nSPS) is 13.1. The van der Waals surface area contributed by atoms with Gasteiger partial charge in [-0.1, -0.05) is 25.6 Å². The van der Waals surface area contributed by atoms with Crippen molar-refractivity contribution in [2.75, 3.05) is 28.7 Å². The minimum atomic E-state index is -3.75. The monoisotopic (exact) mass is 506 g/mol. The first-order valence-corrected chi connectivity index (χ1v) is 12.5. The second-order valence-corrected chi connectivity index (χ2v) is 10.3. The molecule has 0 spiro atoms. The van der Waals surface area contributed by atoms with E-state index >= 15 is 0 Å². The van der Waals surface area contributed by atoms with Gasteiger partial charge in [0.05, 0.1) is 29.6 Å². The van der Waals surface area contributed by atoms with Crippen LogP contribution >= 0.6 is 11.8 Å². The van der Waals surface area contributed by atoms with Gasteiger partial charge in [-0.2, -0.15) is 15.0 Å². The zero-order valence-electron chi connectivity index (χ0n) is 18.0. The number of non-ortho nitro benzene ring substituents is 1. The van der Waals surface area contributed by atoms with Gasteiger partial charge in [0.2, 0.25) is 21.9 Å².